The SMILES string of the molecule is C1=C(C2CCCCC2)P(c2ccccc2)C2CCCCC12. The monoisotopic (exact) mass is 298 g/mol. The maximum Gasteiger partial charge on any atom is -0.00687 e. The summed E-state index contributed by atoms with van der Waals surface area (Å²) < 4.78 is 0. The van der Waals surface area contributed by atoms with Crippen LogP contribution in [0.5, 0.6) is 0 Å². The van der Waals surface area contributed by atoms with Gasteiger partial charge in [0.2, 0.25) is 0 Å². The van der Waals surface area contributed by atoms with Gasteiger partial charge in [-0.05, 0) is 61.7 Å². The zero-order valence-electron chi connectivity index (χ0n) is 13.0. The van der Waals surface area contributed by atoms with Gasteiger partial charge in [0.1, 0.15) is 0 Å². The first-order valence-electron chi connectivity index (χ1n) is 8.99. The highest BCUT2D eigenvalue weighted by Crippen LogP contribution is 2.64. The van der Waals surface area contributed by atoms with Gasteiger partial charge in [0, 0.05) is 0 Å². The van der Waals surface area contributed by atoms with Crippen LogP contribution in [0.15, 0.2) is 41.7 Å². The van der Waals surface area contributed by atoms with Gasteiger partial charge in [0.05, 0.1) is 0 Å². The molecule has 1 heterocycles. The molecule has 0 radical (unpaired) electrons. The van der Waals surface area contributed by atoms with Gasteiger partial charge in [-0.3, -0.25) is 0 Å². The van der Waals surface area contributed by atoms with Gasteiger partial charge in [-0.1, -0.05) is 68.5 Å². The summed E-state index contributed by atoms with van der Waals surface area (Å²) in [4.78, 5) is 0. The molecule has 1 heteroatoms. The highest BCUT2D eigenvalue weighted by molar-refractivity contribution is 7.70. The number of rotatable bonds is 2. The van der Waals surface area contributed by atoms with Crippen LogP contribution in [0, 0.1) is 11.8 Å². The summed E-state index contributed by atoms with van der Waals surface area (Å²) in [7, 11) is -0.0228. The molecule has 3 aliphatic rings. The fourth-order valence-corrected chi connectivity index (χ4v) is 8.43. The third-order valence-corrected chi connectivity index (χ3v) is 9.06. The second-order valence-corrected chi connectivity index (χ2v) is 9.58. The molecule has 1 aliphatic heterocycles. The highest BCUT2D eigenvalue weighted by Gasteiger charge is 2.41. The van der Waals surface area contributed by atoms with E-state index in [2.05, 4.69) is 36.4 Å². The fraction of sp³-hybridized carbons (Fsp3) is 0.600. The quantitative estimate of drug-likeness (QED) is 0.602. The summed E-state index contributed by atoms with van der Waals surface area (Å²) in [6.07, 6.45) is 16.0. The minimum atomic E-state index is -0.0228. The zero-order valence-corrected chi connectivity index (χ0v) is 13.9. The first-order chi connectivity index (χ1) is 10.4. The van der Waals surface area contributed by atoms with E-state index in [-0.39, 0.29) is 7.92 Å². The van der Waals surface area contributed by atoms with Crippen LogP contribution in [0.2, 0.25) is 0 Å². The second-order valence-electron chi connectivity index (χ2n) is 7.15. The topological polar surface area (TPSA) is 0 Å². The first kappa shape index (κ1) is 14.0. The summed E-state index contributed by atoms with van der Waals surface area (Å²) in [5.74, 6) is 1.85. The van der Waals surface area contributed by atoms with Crippen LogP contribution in [-0.2, 0) is 0 Å². The number of allylic oxidation sites excluding steroid dienone is 2. The zero-order chi connectivity index (χ0) is 14.1. The Kier molecular flexibility index (Phi) is 4.17. The number of hydrogen-bond acceptors (Lipinski definition) is 0. The Morgan fingerprint density at radius 1 is 0.762 bits per heavy atom. The third-order valence-electron chi connectivity index (χ3n) is 5.83. The first-order valence-corrected chi connectivity index (χ1v) is 10.4. The van der Waals surface area contributed by atoms with E-state index >= 15 is 0 Å². The largest absolute Gasteiger partial charge is 0.0765 e. The lowest BCUT2D eigenvalue weighted by atomic mass is 9.85. The van der Waals surface area contributed by atoms with Crippen molar-refractivity contribution in [3.63, 3.8) is 0 Å². The summed E-state index contributed by atoms with van der Waals surface area (Å²) in [5, 5.41) is 3.58. The molecule has 0 aromatic heterocycles. The van der Waals surface area contributed by atoms with Crippen LogP contribution in [0.3, 0.4) is 0 Å². The molecule has 21 heavy (non-hydrogen) atoms. The maximum absolute atomic E-state index is 2.78. The van der Waals surface area contributed by atoms with Crippen molar-refractivity contribution in [3.8, 4) is 0 Å². The van der Waals surface area contributed by atoms with Gasteiger partial charge in [0.15, 0.2) is 0 Å². The molecule has 1 aromatic rings. The average Bonchev–Trinajstić information content (AvgIpc) is 2.96. The van der Waals surface area contributed by atoms with E-state index < -0.39 is 0 Å². The molecule has 3 unspecified atom stereocenters. The van der Waals surface area contributed by atoms with E-state index in [4.69, 9.17) is 0 Å². The maximum atomic E-state index is 2.78. The van der Waals surface area contributed by atoms with Crippen molar-refractivity contribution in [2.75, 3.05) is 0 Å². The highest BCUT2D eigenvalue weighted by atomic mass is 31.1. The molecule has 0 nitrogen and oxygen atoms in total. The number of benzene rings is 1. The number of fused-ring (bicyclic) bond motifs is 1. The van der Waals surface area contributed by atoms with Crippen molar-refractivity contribution in [1.82, 2.24) is 0 Å². The van der Waals surface area contributed by atoms with E-state index in [0.717, 1.165) is 17.5 Å². The number of hydrogen-bond donors (Lipinski definition) is 0. The molecule has 0 saturated heterocycles. The lowest BCUT2D eigenvalue weighted by Crippen LogP contribution is -2.22. The molecule has 3 atom stereocenters. The molecule has 0 bridgehead atoms. The van der Waals surface area contributed by atoms with E-state index in [9.17, 15) is 0 Å². The van der Waals surface area contributed by atoms with Gasteiger partial charge < -0.3 is 0 Å². The Labute approximate surface area is 130 Å². The average molecular weight is 298 g/mol. The molecular weight excluding hydrogens is 271 g/mol. The van der Waals surface area contributed by atoms with Crippen molar-refractivity contribution in [3.05, 3.63) is 41.7 Å². The predicted molar refractivity (Wildman–Crippen MR) is 93.4 cm³/mol. The normalized spacial score (nSPS) is 33.5. The van der Waals surface area contributed by atoms with Gasteiger partial charge in [-0.25, -0.2) is 0 Å². The van der Waals surface area contributed by atoms with Crippen molar-refractivity contribution < 1.29 is 0 Å². The van der Waals surface area contributed by atoms with Crippen molar-refractivity contribution >= 4 is 13.2 Å². The van der Waals surface area contributed by atoms with E-state index in [1.807, 2.05) is 5.31 Å². The van der Waals surface area contributed by atoms with Crippen molar-refractivity contribution in [1.29, 1.82) is 0 Å². The molecule has 2 saturated carbocycles. The minimum absolute atomic E-state index is 0.0228. The van der Waals surface area contributed by atoms with Crippen LogP contribution >= 0.6 is 7.92 Å². The standard InChI is InChI=1S/C20H27P/c1-3-9-16(10-4-1)20-15-17-11-7-8-14-19(17)21(20)18-12-5-2-6-13-18/h2,5-6,12-13,15-17,19H,1,3-4,7-11,14H2. The van der Waals surface area contributed by atoms with Crippen molar-refractivity contribution in [2.24, 2.45) is 11.8 Å². The van der Waals surface area contributed by atoms with Crippen molar-refractivity contribution in [2.45, 2.75) is 63.4 Å². The predicted octanol–water partition coefficient (Wildman–Crippen LogP) is 5.83. The molecule has 0 N–H and O–H groups in total. The molecule has 112 valence electrons. The summed E-state index contributed by atoms with van der Waals surface area (Å²) in [6.45, 7) is 0. The Morgan fingerprint density at radius 3 is 2.29 bits per heavy atom. The summed E-state index contributed by atoms with van der Waals surface area (Å²) in [5.41, 5.74) is 0.980. The lowest BCUT2D eigenvalue weighted by Gasteiger charge is -2.34. The smallest absolute Gasteiger partial charge is 0.00687 e. The molecule has 2 fully saturated rings. The molecular formula is C20H27P. The Morgan fingerprint density at radius 2 is 1.48 bits per heavy atom. The second kappa shape index (κ2) is 6.25. The molecule has 2 aliphatic carbocycles. The molecule has 4 rings (SSSR count). The van der Waals surface area contributed by atoms with E-state index in [1.165, 1.54) is 57.8 Å². The van der Waals surface area contributed by atoms with Gasteiger partial charge in [0.25, 0.3) is 0 Å². The van der Waals surface area contributed by atoms with E-state index in [0.29, 0.717) is 0 Å². The lowest BCUT2D eigenvalue weighted by molar-refractivity contribution is 0.411. The summed E-state index contributed by atoms with van der Waals surface area (Å²) >= 11 is 0. The Hall–Kier alpha value is -0.610. The van der Waals surface area contributed by atoms with Crippen LogP contribution in [0.25, 0.3) is 0 Å². The molecule has 1 aromatic carbocycles. The van der Waals surface area contributed by atoms with Gasteiger partial charge in [-0.15, -0.1) is 0 Å². The Bertz CT molecular complexity index is 498. The third kappa shape index (κ3) is 2.72. The Balaban J connectivity index is 1.67. The van der Waals surface area contributed by atoms with Crippen LogP contribution in [0.1, 0.15) is 57.8 Å². The van der Waals surface area contributed by atoms with Gasteiger partial charge >= 0.3 is 0 Å². The van der Waals surface area contributed by atoms with Gasteiger partial charge in [-0.2, -0.15) is 0 Å². The van der Waals surface area contributed by atoms with E-state index in [1.54, 1.807) is 5.30 Å². The van der Waals surface area contributed by atoms with Crippen LogP contribution in [-0.4, -0.2) is 5.66 Å². The van der Waals surface area contributed by atoms with Crippen LogP contribution < -0.4 is 5.30 Å². The van der Waals surface area contributed by atoms with Crippen LogP contribution in [0.4, 0.5) is 0 Å². The minimum Gasteiger partial charge on any atom is -0.0765 e. The molecule has 0 amide bonds. The molecule has 0 spiro atoms. The summed E-state index contributed by atoms with van der Waals surface area (Å²) in [6, 6.07) is 11.5. The fourth-order valence-electron chi connectivity index (χ4n) is 4.81.